The Labute approximate surface area is 161 Å². The molecule has 3 rings (SSSR count). The van der Waals surface area contributed by atoms with Gasteiger partial charge < -0.3 is 19.3 Å². The smallest absolute Gasteiger partial charge is 0.161 e. The molecule has 2 aromatic rings. The lowest BCUT2D eigenvalue weighted by Gasteiger charge is -2.23. The average molecular weight is 371 g/mol. The minimum atomic E-state index is -0.563. The van der Waals surface area contributed by atoms with Crippen LogP contribution in [0.25, 0.3) is 0 Å². The first-order valence-corrected chi connectivity index (χ1v) is 9.39. The molecule has 0 bridgehead atoms. The highest BCUT2D eigenvalue weighted by Crippen LogP contribution is 2.31. The fraction of sp³-hybridized carbons (Fsp3) is 0.455. The standard InChI is InChI=1S/C22H29NO4/c1-15-5-6-16(2)22(17(15)3)27-14-19(24)13-23(4)12-18-7-8-20-21(11-18)26-10-9-25-20/h5-8,11,19,24H,9-10,12-14H2,1-4H3. The van der Waals surface area contributed by atoms with Gasteiger partial charge in [-0.2, -0.15) is 0 Å². The number of fused-ring (bicyclic) bond motifs is 1. The predicted molar refractivity (Wildman–Crippen MR) is 106 cm³/mol. The van der Waals surface area contributed by atoms with Crippen LogP contribution in [0.15, 0.2) is 30.3 Å². The zero-order valence-corrected chi connectivity index (χ0v) is 16.6. The summed E-state index contributed by atoms with van der Waals surface area (Å²) in [5.74, 6) is 2.47. The van der Waals surface area contributed by atoms with Crippen LogP contribution >= 0.6 is 0 Å². The van der Waals surface area contributed by atoms with E-state index in [1.165, 1.54) is 5.56 Å². The van der Waals surface area contributed by atoms with Crippen LogP contribution in [0.4, 0.5) is 0 Å². The second kappa shape index (κ2) is 8.63. The third-order valence-electron chi connectivity index (χ3n) is 4.88. The van der Waals surface area contributed by atoms with Crippen LogP contribution in [0.5, 0.6) is 17.2 Å². The van der Waals surface area contributed by atoms with Crippen molar-refractivity contribution < 1.29 is 19.3 Å². The van der Waals surface area contributed by atoms with Gasteiger partial charge in [-0.3, -0.25) is 4.90 Å². The molecule has 2 aromatic carbocycles. The van der Waals surface area contributed by atoms with E-state index in [0.717, 1.165) is 40.5 Å². The molecular formula is C22H29NO4. The van der Waals surface area contributed by atoms with Gasteiger partial charge in [-0.05, 0) is 62.2 Å². The molecule has 0 aliphatic carbocycles. The van der Waals surface area contributed by atoms with Crippen molar-refractivity contribution in [1.82, 2.24) is 4.90 Å². The van der Waals surface area contributed by atoms with Crippen LogP contribution in [0.3, 0.4) is 0 Å². The van der Waals surface area contributed by atoms with Gasteiger partial charge in [-0.25, -0.2) is 0 Å². The number of nitrogens with zero attached hydrogens (tertiary/aromatic N) is 1. The van der Waals surface area contributed by atoms with Gasteiger partial charge in [0, 0.05) is 13.1 Å². The van der Waals surface area contributed by atoms with Crippen molar-refractivity contribution in [3.8, 4) is 17.2 Å². The Hall–Kier alpha value is -2.24. The van der Waals surface area contributed by atoms with Gasteiger partial charge in [-0.1, -0.05) is 18.2 Å². The van der Waals surface area contributed by atoms with Gasteiger partial charge in [0.05, 0.1) is 0 Å². The molecule has 0 saturated carbocycles. The molecule has 146 valence electrons. The Morgan fingerprint density at radius 1 is 1.04 bits per heavy atom. The predicted octanol–water partition coefficient (Wildman–Crippen LogP) is 3.25. The zero-order valence-electron chi connectivity index (χ0n) is 16.6. The zero-order chi connectivity index (χ0) is 19.4. The maximum atomic E-state index is 10.4. The van der Waals surface area contributed by atoms with Crippen LogP contribution in [-0.4, -0.2) is 49.5 Å². The number of aliphatic hydroxyl groups is 1. The molecule has 0 fully saturated rings. The molecule has 0 saturated heterocycles. The largest absolute Gasteiger partial charge is 0.490 e. The van der Waals surface area contributed by atoms with Crippen LogP contribution in [0, 0.1) is 20.8 Å². The van der Waals surface area contributed by atoms with E-state index >= 15 is 0 Å². The highest BCUT2D eigenvalue weighted by molar-refractivity contribution is 5.45. The van der Waals surface area contributed by atoms with Crippen LogP contribution in [0.2, 0.25) is 0 Å². The number of ether oxygens (including phenoxy) is 3. The number of hydrogen-bond acceptors (Lipinski definition) is 5. The van der Waals surface area contributed by atoms with Crippen molar-refractivity contribution in [2.45, 2.75) is 33.4 Å². The summed E-state index contributed by atoms with van der Waals surface area (Å²) in [7, 11) is 1.99. The van der Waals surface area contributed by atoms with Gasteiger partial charge in [0.15, 0.2) is 11.5 Å². The summed E-state index contributed by atoms with van der Waals surface area (Å²) in [5, 5.41) is 10.4. The van der Waals surface area contributed by atoms with Gasteiger partial charge in [0.25, 0.3) is 0 Å². The Morgan fingerprint density at radius 2 is 1.74 bits per heavy atom. The van der Waals surface area contributed by atoms with Crippen molar-refractivity contribution in [2.24, 2.45) is 0 Å². The highest BCUT2D eigenvalue weighted by atomic mass is 16.6. The molecule has 1 unspecified atom stereocenters. The van der Waals surface area contributed by atoms with E-state index in [1.54, 1.807) is 0 Å². The van der Waals surface area contributed by atoms with Crippen molar-refractivity contribution in [3.05, 3.63) is 52.6 Å². The first-order chi connectivity index (χ1) is 12.9. The minimum absolute atomic E-state index is 0.274. The number of rotatable bonds is 7. The molecule has 0 amide bonds. The number of hydrogen-bond donors (Lipinski definition) is 1. The molecule has 1 aliphatic rings. The highest BCUT2D eigenvalue weighted by Gasteiger charge is 2.15. The second-order valence-electron chi connectivity index (χ2n) is 7.29. The fourth-order valence-electron chi connectivity index (χ4n) is 3.30. The van der Waals surface area contributed by atoms with E-state index in [1.807, 2.05) is 32.2 Å². The summed E-state index contributed by atoms with van der Waals surface area (Å²) in [6.07, 6.45) is -0.563. The lowest BCUT2D eigenvalue weighted by Crippen LogP contribution is -2.33. The lowest BCUT2D eigenvalue weighted by molar-refractivity contribution is 0.0738. The molecule has 1 N–H and O–H groups in total. The molecule has 27 heavy (non-hydrogen) atoms. The average Bonchev–Trinajstić information content (AvgIpc) is 2.64. The molecule has 1 atom stereocenters. The van der Waals surface area contributed by atoms with Crippen LogP contribution in [0.1, 0.15) is 22.3 Å². The van der Waals surface area contributed by atoms with E-state index in [2.05, 4.69) is 30.9 Å². The second-order valence-corrected chi connectivity index (χ2v) is 7.29. The maximum Gasteiger partial charge on any atom is 0.161 e. The molecular weight excluding hydrogens is 342 g/mol. The number of benzene rings is 2. The molecule has 5 nitrogen and oxygen atoms in total. The van der Waals surface area contributed by atoms with Gasteiger partial charge in [0.2, 0.25) is 0 Å². The van der Waals surface area contributed by atoms with E-state index in [4.69, 9.17) is 14.2 Å². The van der Waals surface area contributed by atoms with Crippen LogP contribution in [-0.2, 0) is 6.54 Å². The Bertz CT molecular complexity index is 790. The molecule has 0 spiro atoms. The first kappa shape index (κ1) is 19.5. The summed E-state index contributed by atoms with van der Waals surface area (Å²) in [4.78, 5) is 2.08. The van der Waals surface area contributed by atoms with E-state index in [9.17, 15) is 5.11 Å². The number of likely N-dealkylation sites (N-methyl/N-ethyl adjacent to an activating group) is 1. The Balaban J connectivity index is 1.52. The monoisotopic (exact) mass is 371 g/mol. The number of aryl methyl sites for hydroxylation is 2. The first-order valence-electron chi connectivity index (χ1n) is 9.39. The van der Waals surface area contributed by atoms with Gasteiger partial charge in [0.1, 0.15) is 31.7 Å². The van der Waals surface area contributed by atoms with Crippen LogP contribution < -0.4 is 14.2 Å². The topological polar surface area (TPSA) is 51.2 Å². The summed E-state index contributed by atoms with van der Waals surface area (Å²) < 4.78 is 17.1. The lowest BCUT2D eigenvalue weighted by atomic mass is 10.1. The molecule has 0 radical (unpaired) electrons. The van der Waals surface area contributed by atoms with Crippen molar-refractivity contribution in [2.75, 3.05) is 33.4 Å². The number of aliphatic hydroxyl groups excluding tert-OH is 1. The van der Waals surface area contributed by atoms with Crippen molar-refractivity contribution >= 4 is 0 Å². The third kappa shape index (κ3) is 4.93. The molecule has 1 aliphatic heterocycles. The van der Waals surface area contributed by atoms with Gasteiger partial charge in [-0.15, -0.1) is 0 Å². The van der Waals surface area contributed by atoms with Crippen molar-refractivity contribution in [3.63, 3.8) is 0 Å². The summed E-state index contributed by atoms with van der Waals surface area (Å²) in [5.41, 5.74) is 4.54. The summed E-state index contributed by atoms with van der Waals surface area (Å²) in [6.45, 7) is 8.85. The molecule has 5 heteroatoms. The third-order valence-corrected chi connectivity index (χ3v) is 4.88. The maximum absolute atomic E-state index is 10.4. The molecule has 0 aromatic heterocycles. The summed E-state index contributed by atoms with van der Waals surface area (Å²) >= 11 is 0. The van der Waals surface area contributed by atoms with E-state index in [0.29, 0.717) is 19.8 Å². The Kier molecular flexibility index (Phi) is 6.24. The van der Waals surface area contributed by atoms with E-state index < -0.39 is 6.10 Å². The quantitative estimate of drug-likeness (QED) is 0.810. The minimum Gasteiger partial charge on any atom is -0.490 e. The molecule has 1 heterocycles. The fourth-order valence-corrected chi connectivity index (χ4v) is 3.30. The SMILES string of the molecule is Cc1ccc(C)c(OCC(O)CN(C)Cc2ccc3c(c2)OCCO3)c1C. The Morgan fingerprint density at radius 3 is 2.52 bits per heavy atom. The summed E-state index contributed by atoms with van der Waals surface area (Å²) in [6, 6.07) is 10.1. The van der Waals surface area contributed by atoms with Gasteiger partial charge >= 0.3 is 0 Å². The van der Waals surface area contributed by atoms with Crippen molar-refractivity contribution in [1.29, 1.82) is 0 Å². The van der Waals surface area contributed by atoms with E-state index in [-0.39, 0.29) is 6.61 Å². The normalized spacial score (nSPS) is 14.3.